The van der Waals surface area contributed by atoms with Gasteiger partial charge in [-0.1, -0.05) is 23.8 Å². The predicted molar refractivity (Wildman–Crippen MR) is 40.5 cm³/mol. The normalized spacial score (nSPS) is 18.8. The van der Waals surface area contributed by atoms with Gasteiger partial charge < -0.3 is 0 Å². The van der Waals surface area contributed by atoms with Crippen molar-refractivity contribution in [1.29, 1.82) is 0 Å². The SMILES string of the molecule is [c]1ccc2c(c1)CC1=C2C1. The van der Waals surface area contributed by atoms with Crippen molar-refractivity contribution in [2.75, 3.05) is 0 Å². The molecule has 0 bridgehead atoms. The average molecular weight is 127 g/mol. The van der Waals surface area contributed by atoms with E-state index in [9.17, 15) is 0 Å². The molecule has 0 aliphatic heterocycles. The summed E-state index contributed by atoms with van der Waals surface area (Å²) in [6.07, 6.45) is 2.50. The van der Waals surface area contributed by atoms with Crippen LogP contribution in [0.2, 0.25) is 0 Å². The monoisotopic (exact) mass is 127 g/mol. The van der Waals surface area contributed by atoms with Crippen molar-refractivity contribution in [3.63, 3.8) is 0 Å². The number of fused-ring (bicyclic) bond motifs is 2. The summed E-state index contributed by atoms with van der Waals surface area (Å²) in [5.41, 5.74) is 6.26. The van der Waals surface area contributed by atoms with Gasteiger partial charge in [0.2, 0.25) is 0 Å². The second-order valence-corrected chi connectivity index (χ2v) is 3.02. The van der Waals surface area contributed by atoms with E-state index < -0.39 is 0 Å². The number of hydrogen-bond acceptors (Lipinski definition) is 0. The molecule has 0 spiro atoms. The first-order chi connectivity index (χ1) is 4.95. The third-order valence-electron chi connectivity index (χ3n) is 2.37. The number of benzene rings is 1. The molecule has 2 aliphatic carbocycles. The van der Waals surface area contributed by atoms with E-state index in [1.807, 2.05) is 6.07 Å². The Bertz CT molecular complexity index is 332. The van der Waals surface area contributed by atoms with Gasteiger partial charge in [0.1, 0.15) is 0 Å². The molecule has 0 saturated carbocycles. The second-order valence-electron chi connectivity index (χ2n) is 3.02. The Labute approximate surface area is 60.2 Å². The Hall–Kier alpha value is -1.04. The minimum atomic E-state index is 1.21. The molecule has 0 atom stereocenters. The maximum absolute atomic E-state index is 3.11. The van der Waals surface area contributed by atoms with Gasteiger partial charge in [0.25, 0.3) is 0 Å². The van der Waals surface area contributed by atoms with Crippen LogP contribution in [0.5, 0.6) is 0 Å². The average Bonchev–Trinajstić information content (AvgIpc) is 2.64. The van der Waals surface area contributed by atoms with Crippen molar-refractivity contribution < 1.29 is 0 Å². The highest BCUT2D eigenvalue weighted by Gasteiger charge is 2.30. The van der Waals surface area contributed by atoms with Crippen molar-refractivity contribution in [3.05, 3.63) is 41.0 Å². The van der Waals surface area contributed by atoms with Gasteiger partial charge in [-0.05, 0) is 35.6 Å². The maximum atomic E-state index is 3.11. The molecule has 0 N–H and O–H groups in total. The molecule has 1 aromatic carbocycles. The molecule has 0 saturated heterocycles. The lowest BCUT2D eigenvalue weighted by molar-refractivity contribution is 1.18. The van der Waals surface area contributed by atoms with E-state index >= 15 is 0 Å². The Morgan fingerprint density at radius 2 is 2.30 bits per heavy atom. The van der Waals surface area contributed by atoms with Crippen LogP contribution in [-0.2, 0) is 6.42 Å². The van der Waals surface area contributed by atoms with E-state index in [-0.39, 0.29) is 0 Å². The van der Waals surface area contributed by atoms with Gasteiger partial charge >= 0.3 is 0 Å². The van der Waals surface area contributed by atoms with Crippen LogP contribution in [0.4, 0.5) is 0 Å². The lowest BCUT2D eigenvalue weighted by Gasteiger charge is -2.00. The van der Waals surface area contributed by atoms with Gasteiger partial charge in [-0.2, -0.15) is 0 Å². The molecule has 10 heavy (non-hydrogen) atoms. The van der Waals surface area contributed by atoms with E-state index in [0.717, 1.165) is 0 Å². The lowest BCUT2D eigenvalue weighted by Crippen LogP contribution is -1.85. The molecule has 0 fully saturated rings. The van der Waals surface area contributed by atoms with Crippen molar-refractivity contribution in [2.45, 2.75) is 12.8 Å². The van der Waals surface area contributed by atoms with Gasteiger partial charge in [-0.3, -0.25) is 0 Å². The van der Waals surface area contributed by atoms with Crippen molar-refractivity contribution in [1.82, 2.24) is 0 Å². The zero-order valence-electron chi connectivity index (χ0n) is 5.65. The maximum Gasteiger partial charge on any atom is -0.00513 e. The van der Waals surface area contributed by atoms with Crippen LogP contribution in [0.15, 0.2) is 23.8 Å². The van der Waals surface area contributed by atoms with Crippen molar-refractivity contribution in [2.24, 2.45) is 0 Å². The van der Waals surface area contributed by atoms with E-state index in [1.54, 1.807) is 11.1 Å². The van der Waals surface area contributed by atoms with Crippen LogP contribution in [-0.4, -0.2) is 0 Å². The molecule has 0 unspecified atom stereocenters. The third-order valence-corrected chi connectivity index (χ3v) is 2.37. The van der Waals surface area contributed by atoms with Gasteiger partial charge in [-0.15, -0.1) is 0 Å². The van der Waals surface area contributed by atoms with Gasteiger partial charge in [-0.25, -0.2) is 0 Å². The summed E-state index contributed by atoms with van der Waals surface area (Å²) < 4.78 is 0. The standard InChI is InChI=1S/C10H7/c1-2-4-9-7(3-1)5-8-6-10(8)9/h2-4H,5-6H2. The molecule has 1 radical (unpaired) electrons. The fourth-order valence-corrected chi connectivity index (χ4v) is 1.76. The van der Waals surface area contributed by atoms with Crippen molar-refractivity contribution >= 4 is 5.57 Å². The fourth-order valence-electron chi connectivity index (χ4n) is 1.76. The molecule has 0 heteroatoms. The third kappa shape index (κ3) is 0.431. The predicted octanol–water partition coefficient (Wildman–Crippen LogP) is 2.20. The van der Waals surface area contributed by atoms with E-state index in [4.69, 9.17) is 0 Å². The number of rotatable bonds is 0. The molecule has 47 valence electrons. The number of allylic oxidation sites excluding steroid dienone is 2. The Balaban J connectivity index is 2.30. The molecule has 2 aliphatic rings. The van der Waals surface area contributed by atoms with E-state index in [0.29, 0.717) is 0 Å². The van der Waals surface area contributed by atoms with Crippen LogP contribution >= 0.6 is 0 Å². The first-order valence-electron chi connectivity index (χ1n) is 3.65. The van der Waals surface area contributed by atoms with Gasteiger partial charge in [0.15, 0.2) is 0 Å². The minimum absolute atomic E-state index is 1.21. The van der Waals surface area contributed by atoms with Crippen LogP contribution in [0.1, 0.15) is 17.5 Å². The Morgan fingerprint density at radius 3 is 3.20 bits per heavy atom. The van der Waals surface area contributed by atoms with Crippen LogP contribution in [0.25, 0.3) is 5.57 Å². The highest BCUT2D eigenvalue weighted by Crippen LogP contribution is 2.49. The zero-order chi connectivity index (χ0) is 6.55. The van der Waals surface area contributed by atoms with Crippen LogP contribution in [0.3, 0.4) is 0 Å². The van der Waals surface area contributed by atoms with Crippen molar-refractivity contribution in [3.8, 4) is 0 Å². The summed E-state index contributed by atoms with van der Waals surface area (Å²) >= 11 is 0. The molecule has 3 rings (SSSR count). The smallest absolute Gasteiger partial charge is 0.00513 e. The van der Waals surface area contributed by atoms with Gasteiger partial charge in [0, 0.05) is 0 Å². The minimum Gasteiger partial charge on any atom is -0.0573 e. The molecule has 1 aromatic rings. The summed E-state index contributed by atoms with van der Waals surface area (Å²) in [5.74, 6) is 0. The molecule has 0 aromatic heterocycles. The molecule has 0 nitrogen and oxygen atoms in total. The highest BCUT2D eigenvalue weighted by atomic mass is 14.3. The van der Waals surface area contributed by atoms with Crippen LogP contribution in [0, 0.1) is 6.07 Å². The molecule has 0 heterocycles. The quantitative estimate of drug-likeness (QED) is 0.501. The van der Waals surface area contributed by atoms with Crippen LogP contribution < -0.4 is 0 Å². The lowest BCUT2D eigenvalue weighted by atomic mass is 10.0. The Kier molecular flexibility index (Phi) is 0.634. The summed E-state index contributed by atoms with van der Waals surface area (Å²) in [6.45, 7) is 0. The summed E-state index contributed by atoms with van der Waals surface area (Å²) in [4.78, 5) is 0. The highest BCUT2D eigenvalue weighted by molar-refractivity contribution is 5.88. The number of hydrogen-bond donors (Lipinski definition) is 0. The van der Waals surface area contributed by atoms with Gasteiger partial charge in [0.05, 0.1) is 0 Å². The summed E-state index contributed by atoms with van der Waals surface area (Å²) in [6, 6.07) is 9.41. The van der Waals surface area contributed by atoms with E-state index in [1.165, 1.54) is 24.0 Å². The molecule has 0 amide bonds. The zero-order valence-corrected chi connectivity index (χ0v) is 5.65. The molecular formula is C10H7. The fraction of sp³-hybridized carbons (Fsp3) is 0.200. The van der Waals surface area contributed by atoms with E-state index in [2.05, 4.69) is 18.2 Å². The first kappa shape index (κ1) is 4.73. The molecular weight excluding hydrogens is 120 g/mol. The second kappa shape index (κ2) is 1.34. The largest absolute Gasteiger partial charge is 0.0573 e. The Morgan fingerprint density at radius 1 is 1.30 bits per heavy atom. The summed E-state index contributed by atoms with van der Waals surface area (Å²) in [7, 11) is 0. The topological polar surface area (TPSA) is 0 Å². The first-order valence-corrected chi connectivity index (χ1v) is 3.65. The summed E-state index contributed by atoms with van der Waals surface area (Å²) in [5, 5.41) is 0.